The van der Waals surface area contributed by atoms with Gasteiger partial charge in [0.15, 0.2) is 0 Å². The normalized spacial score (nSPS) is 16.0. The summed E-state index contributed by atoms with van der Waals surface area (Å²) >= 11 is 0. The molecule has 2 aromatic carbocycles. The Hall–Kier alpha value is -2.89. The number of carbonyl (C=O) groups is 1. The fourth-order valence-electron chi connectivity index (χ4n) is 4.05. The maximum Gasteiger partial charge on any atom is 0.267 e. The van der Waals surface area contributed by atoms with Crippen molar-refractivity contribution in [3.63, 3.8) is 0 Å². The monoisotopic (exact) mass is 375 g/mol. The molecule has 28 heavy (non-hydrogen) atoms. The van der Waals surface area contributed by atoms with E-state index in [4.69, 9.17) is 5.21 Å². The quantitative estimate of drug-likeness (QED) is 0.301. The van der Waals surface area contributed by atoms with Crippen LogP contribution in [0.4, 0.5) is 0 Å². The van der Waals surface area contributed by atoms with Gasteiger partial charge in [0, 0.05) is 29.2 Å². The fraction of sp³-hybridized carbons (Fsp3) is 0.261. The molecule has 3 aromatic rings. The van der Waals surface area contributed by atoms with E-state index >= 15 is 0 Å². The summed E-state index contributed by atoms with van der Waals surface area (Å²) in [5.74, 6) is -0.521. The van der Waals surface area contributed by atoms with Crippen LogP contribution in [0.25, 0.3) is 17.0 Å². The van der Waals surface area contributed by atoms with Crippen LogP contribution in [0.15, 0.2) is 48.7 Å². The molecule has 1 aromatic heterocycles. The lowest BCUT2D eigenvalue weighted by Gasteiger charge is -2.14. The molecule has 144 valence electrons. The van der Waals surface area contributed by atoms with Gasteiger partial charge in [0.05, 0.1) is 0 Å². The molecular weight excluding hydrogens is 350 g/mol. The van der Waals surface area contributed by atoms with Crippen LogP contribution in [0.5, 0.6) is 0 Å². The van der Waals surface area contributed by atoms with Gasteiger partial charge in [0.1, 0.15) is 0 Å². The number of carbonyl (C=O) groups excluding carboxylic acids is 1. The van der Waals surface area contributed by atoms with Crippen LogP contribution >= 0.6 is 0 Å². The Morgan fingerprint density at radius 2 is 2.18 bits per heavy atom. The number of H-pyrrole nitrogens is 1. The van der Waals surface area contributed by atoms with Gasteiger partial charge in [0.25, 0.3) is 5.91 Å². The Morgan fingerprint density at radius 1 is 1.29 bits per heavy atom. The molecule has 0 saturated carbocycles. The van der Waals surface area contributed by atoms with Crippen molar-refractivity contribution in [2.45, 2.75) is 32.2 Å². The molecule has 1 amide bonds. The maximum absolute atomic E-state index is 11.1. The van der Waals surface area contributed by atoms with E-state index in [-0.39, 0.29) is 0 Å². The number of benzene rings is 2. The molecule has 4 rings (SSSR count). The number of hydroxylamine groups is 1. The highest BCUT2D eigenvalue weighted by molar-refractivity contribution is 5.90. The molecule has 0 saturated heterocycles. The second-order valence-electron chi connectivity index (χ2n) is 7.43. The van der Waals surface area contributed by atoms with E-state index in [9.17, 15) is 4.79 Å². The van der Waals surface area contributed by atoms with Crippen LogP contribution in [0.1, 0.15) is 40.3 Å². The summed E-state index contributed by atoms with van der Waals surface area (Å²) < 4.78 is 0. The molecule has 5 heteroatoms. The van der Waals surface area contributed by atoms with Gasteiger partial charge < -0.3 is 10.3 Å². The Bertz CT molecular complexity index is 1040. The average molecular weight is 375 g/mol. The molecule has 0 fully saturated rings. The van der Waals surface area contributed by atoms with Gasteiger partial charge in [-0.2, -0.15) is 0 Å². The number of aromatic amines is 1. The number of aromatic nitrogens is 1. The van der Waals surface area contributed by atoms with Crippen LogP contribution in [0, 0.1) is 6.92 Å². The van der Waals surface area contributed by atoms with Crippen molar-refractivity contribution in [3.8, 4) is 0 Å². The van der Waals surface area contributed by atoms with Gasteiger partial charge in [-0.15, -0.1) is 0 Å². The van der Waals surface area contributed by atoms with E-state index in [2.05, 4.69) is 53.8 Å². The predicted octanol–water partition coefficient (Wildman–Crippen LogP) is 3.81. The number of fused-ring (bicyclic) bond motifs is 2. The molecule has 1 aliphatic rings. The van der Waals surface area contributed by atoms with Gasteiger partial charge in [-0.1, -0.05) is 30.3 Å². The summed E-state index contributed by atoms with van der Waals surface area (Å²) in [6.45, 7) is 3.05. The van der Waals surface area contributed by atoms with E-state index in [1.807, 2.05) is 6.07 Å². The van der Waals surface area contributed by atoms with E-state index in [0.717, 1.165) is 31.4 Å². The number of rotatable bonds is 6. The molecule has 0 bridgehead atoms. The zero-order chi connectivity index (χ0) is 19.5. The van der Waals surface area contributed by atoms with Gasteiger partial charge >= 0.3 is 0 Å². The lowest BCUT2D eigenvalue weighted by atomic mass is 10.0. The van der Waals surface area contributed by atoms with Crippen molar-refractivity contribution in [3.05, 3.63) is 76.5 Å². The van der Waals surface area contributed by atoms with Gasteiger partial charge in [-0.25, -0.2) is 5.48 Å². The highest BCUT2D eigenvalue weighted by Gasteiger charge is 2.21. The molecule has 5 nitrogen and oxygen atoms in total. The third-order valence-electron chi connectivity index (χ3n) is 5.49. The van der Waals surface area contributed by atoms with Crippen molar-refractivity contribution in [2.24, 2.45) is 0 Å². The standard InChI is InChI=1S/C23H25N3O2/c1-15-2-6-20-18(14-25-22(20)12-15)10-11-24-21-8-5-17-13-16(3-7-19(17)21)4-9-23(27)26-28/h2-4,6-7,9,12-14,21,24-25,28H,5,8,10-11H2,1H3,(H,26,27). The van der Waals surface area contributed by atoms with Crippen LogP contribution in [0.3, 0.4) is 0 Å². The molecule has 0 spiro atoms. The van der Waals surface area contributed by atoms with Crippen molar-refractivity contribution in [2.75, 3.05) is 6.54 Å². The number of hydrogen-bond acceptors (Lipinski definition) is 3. The summed E-state index contributed by atoms with van der Waals surface area (Å²) in [5, 5.41) is 13.6. The third-order valence-corrected chi connectivity index (χ3v) is 5.49. The minimum absolute atomic E-state index is 0.376. The zero-order valence-electron chi connectivity index (χ0n) is 16.0. The van der Waals surface area contributed by atoms with Crippen molar-refractivity contribution in [1.82, 2.24) is 15.8 Å². The summed E-state index contributed by atoms with van der Waals surface area (Å²) in [6.07, 6.45) is 8.28. The molecule has 0 radical (unpaired) electrons. The summed E-state index contributed by atoms with van der Waals surface area (Å²) in [5.41, 5.74) is 9.07. The number of nitrogens with one attached hydrogen (secondary N) is 3. The number of amides is 1. The van der Waals surface area contributed by atoms with Gasteiger partial charge in [-0.05, 0) is 72.7 Å². The highest BCUT2D eigenvalue weighted by atomic mass is 16.5. The number of hydrogen-bond donors (Lipinski definition) is 4. The fourth-order valence-corrected chi connectivity index (χ4v) is 4.05. The van der Waals surface area contributed by atoms with Crippen LogP contribution in [0.2, 0.25) is 0 Å². The van der Waals surface area contributed by atoms with Gasteiger partial charge in [0.2, 0.25) is 0 Å². The Morgan fingerprint density at radius 3 is 3.04 bits per heavy atom. The minimum Gasteiger partial charge on any atom is -0.361 e. The lowest BCUT2D eigenvalue weighted by molar-refractivity contribution is -0.124. The summed E-state index contributed by atoms with van der Waals surface area (Å²) in [7, 11) is 0. The van der Waals surface area contributed by atoms with E-state index < -0.39 is 5.91 Å². The summed E-state index contributed by atoms with van der Waals surface area (Å²) in [6, 6.07) is 13.2. The minimum atomic E-state index is -0.521. The lowest BCUT2D eigenvalue weighted by Crippen LogP contribution is -2.21. The third kappa shape index (κ3) is 3.86. The molecular formula is C23H25N3O2. The topological polar surface area (TPSA) is 77.2 Å². The largest absolute Gasteiger partial charge is 0.361 e. The predicted molar refractivity (Wildman–Crippen MR) is 111 cm³/mol. The average Bonchev–Trinajstić information content (AvgIpc) is 3.29. The van der Waals surface area contributed by atoms with Crippen LogP contribution in [-0.4, -0.2) is 22.6 Å². The highest BCUT2D eigenvalue weighted by Crippen LogP contribution is 2.32. The first kappa shape index (κ1) is 18.5. The van der Waals surface area contributed by atoms with E-state index in [1.165, 1.54) is 39.2 Å². The smallest absolute Gasteiger partial charge is 0.267 e. The molecule has 4 N–H and O–H groups in total. The first-order valence-electron chi connectivity index (χ1n) is 9.69. The van der Waals surface area contributed by atoms with E-state index in [1.54, 1.807) is 11.6 Å². The molecule has 1 aliphatic carbocycles. The van der Waals surface area contributed by atoms with Gasteiger partial charge in [-0.3, -0.25) is 10.0 Å². The molecule has 0 aliphatic heterocycles. The first-order valence-corrected chi connectivity index (χ1v) is 9.69. The molecule has 1 heterocycles. The number of aryl methyl sites for hydroxylation is 2. The summed E-state index contributed by atoms with van der Waals surface area (Å²) in [4.78, 5) is 14.5. The second kappa shape index (κ2) is 8.00. The molecule has 1 unspecified atom stereocenters. The molecule has 1 atom stereocenters. The van der Waals surface area contributed by atoms with Crippen LogP contribution in [-0.2, 0) is 17.6 Å². The maximum atomic E-state index is 11.1. The van der Waals surface area contributed by atoms with Crippen molar-refractivity contribution >= 4 is 22.9 Å². The SMILES string of the molecule is Cc1ccc2c(CCNC3CCc4cc(C=CC(=O)NO)ccc43)c[nH]c2c1. The second-order valence-corrected chi connectivity index (χ2v) is 7.43. The Labute approximate surface area is 164 Å². The zero-order valence-corrected chi connectivity index (χ0v) is 16.0. The first-order chi connectivity index (χ1) is 13.6. The Balaban J connectivity index is 1.38. The Kier molecular flexibility index (Phi) is 5.28. The van der Waals surface area contributed by atoms with E-state index in [0.29, 0.717) is 6.04 Å². The van der Waals surface area contributed by atoms with Crippen molar-refractivity contribution < 1.29 is 10.0 Å². The van der Waals surface area contributed by atoms with Crippen molar-refractivity contribution in [1.29, 1.82) is 0 Å². The van der Waals surface area contributed by atoms with Crippen LogP contribution < -0.4 is 10.8 Å².